The molecule has 4 N–H and O–H groups in total. The Morgan fingerprint density at radius 3 is 2.57 bits per heavy atom. The van der Waals surface area contributed by atoms with Gasteiger partial charge in [0.05, 0.1) is 7.11 Å². The molecule has 0 aliphatic heterocycles. The molecule has 23 heavy (non-hydrogen) atoms. The van der Waals surface area contributed by atoms with Crippen molar-refractivity contribution in [3.05, 3.63) is 29.8 Å². The Morgan fingerprint density at radius 1 is 1.17 bits per heavy atom. The monoisotopic (exact) mass is 320 g/mol. The molecule has 1 amide bonds. The highest BCUT2D eigenvalue weighted by molar-refractivity contribution is 5.83. The normalized spacial score (nSPS) is 11.1. The second kappa shape index (κ2) is 11.3. The lowest BCUT2D eigenvalue weighted by molar-refractivity contribution is -0.119. The maximum absolute atomic E-state index is 11.7. The highest BCUT2D eigenvalue weighted by Crippen LogP contribution is 2.10. The van der Waals surface area contributed by atoms with Gasteiger partial charge in [-0.1, -0.05) is 38.3 Å². The highest BCUT2D eigenvalue weighted by Gasteiger charge is 2.01. The molecule has 6 nitrogen and oxygen atoms in total. The second-order valence-electron chi connectivity index (χ2n) is 5.31. The zero-order valence-corrected chi connectivity index (χ0v) is 14.1. The number of carbonyl (C=O) groups excluding carboxylic acids is 1. The maximum Gasteiger partial charge on any atom is 0.242 e. The zero-order chi connectivity index (χ0) is 16.9. The van der Waals surface area contributed by atoms with Crippen molar-refractivity contribution in [3.8, 4) is 5.75 Å². The van der Waals surface area contributed by atoms with Crippen molar-refractivity contribution in [2.75, 3.05) is 20.2 Å². The van der Waals surface area contributed by atoms with Gasteiger partial charge in [-0.05, 0) is 24.1 Å². The molecule has 1 aromatic rings. The molecule has 0 radical (unpaired) electrons. The van der Waals surface area contributed by atoms with Crippen LogP contribution in [0.4, 0.5) is 0 Å². The van der Waals surface area contributed by atoms with Crippen molar-refractivity contribution in [2.45, 2.75) is 39.2 Å². The van der Waals surface area contributed by atoms with Crippen LogP contribution in [0.3, 0.4) is 0 Å². The number of hydrogen-bond acceptors (Lipinski definition) is 3. The Morgan fingerprint density at radius 2 is 1.91 bits per heavy atom. The molecule has 0 saturated heterocycles. The lowest BCUT2D eigenvalue weighted by Gasteiger charge is -2.07. The number of guanidine groups is 1. The number of carbonyl (C=O) groups is 1. The molecule has 0 saturated carbocycles. The van der Waals surface area contributed by atoms with Gasteiger partial charge in [-0.3, -0.25) is 4.79 Å². The summed E-state index contributed by atoms with van der Waals surface area (Å²) in [6.45, 7) is 3.46. The van der Waals surface area contributed by atoms with Gasteiger partial charge in [0, 0.05) is 13.1 Å². The van der Waals surface area contributed by atoms with Gasteiger partial charge in [0.25, 0.3) is 0 Å². The summed E-state index contributed by atoms with van der Waals surface area (Å²) < 4.78 is 5.09. The Hall–Kier alpha value is -2.24. The summed E-state index contributed by atoms with van der Waals surface area (Å²) in [6.07, 6.45) is 4.68. The minimum Gasteiger partial charge on any atom is -0.497 e. The summed E-state index contributed by atoms with van der Waals surface area (Å²) in [5.41, 5.74) is 6.73. The van der Waals surface area contributed by atoms with E-state index >= 15 is 0 Å². The lowest BCUT2D eigenvalue weighted by atomic mass is 10.2. The first-order valence-corrected chi connectivity index (χ1v) is 8.09. The van der Waals surface area contributed by atoms with Crippen LogP contribution in [0.5, 0.6) is 5.75 Å². The van der Waals surface area contributed by atoms with Gasteiger partial charge in [-0.15, -0.1) is 0 Å². The fourth-order valence-electron chi connectivity index (χ4n) is 1.98. The first kappa shape index (κ1) is 18.8. The topological polar surface area (TPSA) is 88.7 Å². The van der Waals surface area contributed by atoms with Crippen LogP contribution in [-0.4, -0.2) is 32.1 Å². The number of nitrogens with one attached hydrogen (secondary N) is 2. The number of methoxy groups -OCH3 is 1. The van der Waals surface area contributed by atoms with Gasteiger partial charge in [0.15, 0.2) is 5.96 Å². The molecule has 1 rings (SSSR count). The number of unbranched alkanes of at least 4 members (excludes halogenated alkanes) is 3. The molecule has 128 valence electrons. The molecule has 0 heterocycles. The van der Waals surface area contributed by atoms with Crippen molar-refractivity contribution in [3.63, 3.8) is 0 Å². The van der Waals surface area contributed by atoms with Crippen LogP contribution in [-0.2, 0) is 11.3 Å². The summed E-state index contributed by atoms with van der Waals surface area (Å²) in [5, 5.41) is 5.82. The summed E-state index contributed by atoms with van der Waals surface area (Å²) >= 11 is 0. The molecule has 0 aromatic heterocycles. The van der Waals surface area contributed by atoms with E-state index < -0.39 is 0 Å². The smallest absolute Gasteiger partial charge is 0.242 e. The maximum atomic E-state index is 11.7. The number of ether oxygens (including phenoxy) is 1. The molecular weight excluding hydrogens is 292 g/mol. The molecule has 6 heteroatoms. The van der Waals surface area contributed by atoms with Crippen molar-refractivity contribution < 1.29 is 9.53 Å². The number of amides is 1. The summed E-state index contributed by atoms with van der Waals surface area (Å²) in [7, 11) is 1.62. The average molecular weight is 320 g/mol. The fraction of sp³-hybridized carbons (Fsp3) is 0.529. The largest absolute Gasteiger partial charge is 0.497 e. The van der Waals surface area contributed by atoms with E-state index in [0.717, 1.165) is 24.3 Å². The van der Waals surface area contributed by atoms with E-state index in [0.29, 0.717) is 12.5 Å². The fourth-order valence-corrected chi connectivity index (χ4v) is 1.98. The third-order valence-corrected chi connectivity index (χ3v) is 3.38. The van der Waals surface area contributed by atoms with Crippen molar-refractivity contribution in [1.29, 1.82) is 0 Å². The Balaban J connectivity index is 2.20. The predicted molar refractivity (Wildman–Crippen MR) is 93.5 cm³/mol. The van der Waals surface area contributed by atoms with E-state index in [1.54, 1.807) is 7.11 Å². The number of nitrogens with two attached hydrogens (primary N) is 1. The first-order valence-electron chi connectivity index (χ1n) is 8.09. The molecule has 1 aromatic carbocycles. The lowest BCUT2D eigenvalue weighted by Crippen LogP contribution is -2.34. The van der Waals surface area contributed by atoms with E-state index in [-0.39, 0.29) is 12.5 Å². The standard InChI is InChI=1S/C17H28N4O2/c1-3-4-5-6-11-19-17(18)21-13-16(22)20-12-14-7-9-15(23-2)10-8-14/h7-10H,3-6,11-13H2,1-2H3,(H,20,22)(H3,18,19,21). The van der Waals surface area contributed by atoms with Gasteiger partial charge < -0.3 is 21.1 Å². The Kier molecular flexibility index (Phi) is 9.28. The van der Waals surface area contributed by atoms with Crippen molar-refractivity contribution >= 4 is 11.9 Å². The molecule has 0 fully saturated rings. The molecular formula is C17H28N4O2. The molecule has 0 aliphatic rings. The van der Waals surface area contributed by atoms with Crippen LogP contribution in [0.1, 0.15) is 38.2 Å². The van der Waals surface area contributed by atoms with Crippen molar-refractivity contribution in [1.82, 2.24) is 10.6 Å². The SMILES string of the molecule is CCCCCCNC(N)=NCC(=O)NCc1ccc(OC)cc1. The van der Waals surface area contributed by atoms with Gasteiger partial charge in [0.1, 0.15) is 12.3 Å². The van der Waals surface area contributed by atoms with Crippen LogP contribution < -0.4 is 21.1 Å². The number of hydrogen-bond donors (Lipinski definition) is 3. The second-order valence-corrected chi connectivity index (χ2v) is 5.31. The molecule has 0 spiro atoms. The van der Waals surface area contributed by atoms with Crippen LogP contribution in [0.2, 0.25) is 0 Å². The van der Waals surface area contributed by atoms with E-state index in [9.17, 15) is 4.79 Å². The zero-order valence-electron chi connectivity index (χ0n) is 14.1. The predicted octanol–water partition coefficient (Wildman–Crippen LogP) is 1.80. The third kappa shape index (κ3) is 8.70. The molecule has 0 atom stereocenters. The first-order chi connectivity index (χ1) is 11.2. The molecule has 0 bridgehead atoms. The average Bonchev–Trinajstić information content (AvgIpc) is 2.58. The van der Waals surface area contributed by atoms with E-state index in [1.807, 2.05) is 24.3 Å². The minimum absolute atomic E-state index is 0.0317. The number of aliphatic imine (C=N–C) groups is 1. The van der Waals surface area contributed by atoms with Gasteiger partial charge in [0.2, 0.25) is 5.91 Å². The molecule has 0 unspecified atom stereocenters. The third-order valence-electron chi connectivity index (χ3n) is 3.38. The van der Waals surface area contributed by atoms with Gasteiger partial charge in [-0.25, -0.2) is 4.99 Å². The van der Waals surface area contributed by atoms with Crippen molar-refractivity contribution in [2.24, 2.45) is 10.7 Å². The number of rotatable bonds is 10. The van der Waals surface area contributed by atoms with E-state index in [1.165, 1.54) is 19.3 Å². The summed E-state index contributed by atoms with van der Waals surface area (Å²) in [4.78, 5) is 15.8. The van der Waals surface area contributed by atoms with E-state index in [4.69, 9.17) is 10.5 Å². The van der Waals surface area contributed by atoms with E-state index in [2.05, 4.69) is 22.5 Å². The summed E-state index contributed by atoms with van der Waals surface area (Å²) in [5.74, 6) is 0.958. The van der Waals surface area contributed by atoms with Crippen LogP contribution in [0.15, 0.2) is 29.3 Å². The minimum atomic E-state index is -0.156. The number of nitrogens with zero attached hydrogens (tertiary/aromatic N) is 1. The molecule has 0 aliphatic carbocycles. The summed E-state index contributed by atoms with van der Waals surface area (Å²) in [6, 6.07) is 7.55. The Bertz CT molecular complexity index is 486. The van der Waals surface area contributed by atoms with Crippen LogP contribution >= 0.6 is 0 Å². The highest BCUT2D eigenvalue weighted by atomic mass is 16.5. The van der Waals surface area contributed by atoms with Crippen LogP contribution in [0.25, 0.3) is 0 Å². The van der Waals surface area contributed by atoms with Gasteiger partial charge >= 0.3 is 0 Å². The van der Waals surface area contributed by atoms with Crippen LogP contribution in [0, 0.1) is 0 Å². The van der Waals surface area contributed by atoms with Gasteiger partial charge in [-0.2, -0.15) is 0 Å². The number of benzene rings is 1. The Labute approximate surface area is 138 Å². The quantitative estimate of drug-likeness (QED) is 0.348.